The van der Waals surface area contributed by atoms with Gasteiger partial charge in [-0.3, -0.25) is 0 Å². The van der Waals surface area contributed by atoms with Gasteiger partial charge in [0.2, 0.25) is 0 Å². The molecule has 1 atom stereocenters. The molecule has 3 amide bonds. The lowest BCUT2D eigenvalue weighted by Gasteiger charge is -2.15. The predicted octanol–water partition coefficient (Wildman–Crippen LogP) is 0.998. The molecule has 104 valence electrons. The highest BCUT2D eigenvalue weighted by molar-refractivity contribution is 7.12. The Bertz CT molecular complexity index is 487. The van der Waals surface area contributed by atoms with Crippen LogP contribution in [0.5, 0.6) is 0 Å². The van der Waals surface area contributed by atoms with E-state index in [-0.39, 0.29) is 6.54 Å². The first-order chi connectivity index (χ1) is 8.88. The Morgan fingerprint density at radius 3 is 2.47 bits per heavy atom. The number of hydrogen-bond donors (Lipinski definition) is 3. The highest BCUT2D eigenvalue weighted by atomic mass is 32.1. The second kappa shape index (κ2) is 6.59. The summed E-state index contributed by atoms with van der Waals surface area (Å²) in [5.41, 5.74) is 9.62. The van der Waals surface area contributed by atoms with Crippen molar-refractivity contribution in [1.82, 2.24) is 5.32 Å². The van der Waals surface area contributed by atoms with Crippen molar-refractivity contribution >= 4 is 29.6 Å². The Labute approximate surface area is 112 Å². The Morgan fingerprint density at radius 2 is 2.00 bits per heavy atom. The zero-order chi connectivity index (χ0) is 14.4. The lowest BCUT2D eigenvalue weighted by atomic mass is 10.3. The fourth-order valence-corrected chi connectivity index (χ4v) is 2.18. The topological polar surface area (TPSA) is 134 Å². The van der Waals surface area contributed by atoms with Gasteiger partial charge in [-0.1, -0.05) is 0 Å². The Hall–Kier alpha value is -2.29. The van der Waals surface area contributed by atoms with Crippen LogP contribution in [0, 0.1) is 6.92 Å². The summed E-state index contributed by atoms with van der Waals surface area (Å²) in [6.07, 6.45) is -3.98. The molecule has 0 aromatic carbocycles. The molecule has 19 heavy (non-hydrogen) atoms. The van der Waals surface area contributed by atoms with Crippen LogP contribution < -0.4 is 16.8 Å². The van der Waals surface area contributed by atoms with Crippen molar-refractivity contribution in [3.8, 4) is 0 Å². The van der Waals surface area contributed by atoms with Crippen LogP contribution in [0.25, 0.3) is 0 Å². The molecule has 0 saturated carbocycles. The van der Waals surface area contributed by atoms with Crippen LogP contribution in [0.4, 0.5) is 14.4 Å². The summed E-state index contributed by atoms with van der Waals surface area (Å²) in [7, 11) is 0. The summed E-state index contributed by atoms with van der Waals surface area (Å²) in [6, 6.07) is 3.58. The first-order valence-electron chi connectivity index (χ1n) is 5.16. The molecule has 1 aromatic rings. The van der Waals surface area contributed by atoms with E-state index in [2.05, 4.69) is 15.8 Å². The SMILES string of the molecule is Cc1ccc(C(CNC(=O)OC(N)=O)OC(N)=O)s1. The molecule has 9 heteroatoms. The third-order valence-corrected chi connectivity index (χ3v) is 3.05. The minimum absolute atomic E-state index is 0.0883. The van der Waals surface area contributed by atoms with Gasteiger partial charge >= 0.3 is 18.3 Å². The fourth-order valence-electron chi connectivity index (χ4n) is 1.27. The molecule has 0 aliphatic rings. The monoisotopic (exact) mass is 287 g/mol. The van der Waals surface area contributed by atoms with Crippen LogP contribution in [0.1, 0.15) is 15.9 Å². The molecule has 1 aromatic heterocycles. The molecule has 1 heterocycles. The maximum absolute atomic E-state index is 11.1. The maximum atomic E-state index is 11.1. The summed E-state index contributed by atoms with van der Waals surface area (Å²) >= 11 is 1.39. The maximum Gasteiger partial charge on any atom is 0.416 e. The van der Waals surface area contributed by atoms with E-state index in [0.717, 1.165) is 4.88 Å². The number of carbonyl (C=O) groups excluding carboxylic acids is 3. The number of nitrogens with one attached hydrogen (secondary N) is 1. The summed E-state index contributed by atoms with van der Waals surface area (Å²) < 4.78 is 8.94. The van der Waals surface area contributed by atoms with Crippen molar-refractivity contribution < 1.29 is 23.9 Å². The molecule has 1 unspecified atom stereocenters. The number of carbonyl (C=O) groups is 3. The van der Waals surface area contributed by atoms with E-state index in [9.17, 15) is 14.4 Å². The number of rotatable bonds is 4. The van der Waals surface area contributed by atoms with Crippen LogP contribution in [-0.4, -0.2) is 24.8 Å². The van der Waals surface area contributed by atoms with Gasteiger partial charge in [-0.05, 0) is 19.1 Å². The third-order valence-electron chi connectivity index (χ3n) is 1.96. The predicted molar refractivity (Wildman–Crippen MR) is 66.5 cm³/mol. The van der Waals surface area contributed by atoms with Crippen molar-refractivity contribution in [3.63, 3.8) is 0 Å². The van der Waals surface area contributed by atoms with Crippen LogP contribution >= 0.6 is 11.3 Å². The lowest BCUT2D eigenvalue weighted by molar-refractivity contribution is 0.104. The first kappa shape index (κ1) is 14.8. The molecule has 0 aliphatic heterocycles. The van der Waals surface area contributed by atoms with Crippen molar-refractivity contribution in [3.05, 3.63) is 21.9 Å². The number of ether oxygens (including phenoxy) is 2. The van der Waals surface area contributed by atoms with Gasteiger partial charge < -0.3 is 26.3 Å². The number of amides is 3. The summed E-state index contributed by atoms with van der Waals surface area (Å²) in [4.78, 5) is 33.9. The molecule has 5 N–H and O–H groups in total. The van der Waals surface area contributed by atoms with Gasteiger partial charge in [0.15, 0.2) is 6.10 Å². The number of hydrogen-bond acceptors (Lipinski definition) is 6. The first-order valence-corrected chi connectivity index (χ1v) is 5.97. The summed E-state index contributed by atoms with van der Waals surface area (Å²) in [5.74, 6) is 0. The molecule has 1 rings (SSSR count). The Kier molecular flexibility index (Phi) is 5.12. The van der Waals surface area contributed by atoms with Gasteiger partial charge in [0, 0.05) is 9.75 Å². The fraction of sp³-hybridized carbons (Fsp3) is 0.300. The minimum atomic E-state index is -1.23. The van der Waals surface area contributed by atoms with E-state index in [0.29, 0.717) is 4.88 Å². The number of primary amides is 2. The molecule has 0 bridgehead atoms. The van der Waals surface area contributed by atoms with Gasteiger partial charge in [-0.25, -0.2) is 14.4 Å². The quantitative estimate of drug-likeness (QED) is 0.710. The molecule has 0 radical (unpaired) electrons. The zero-order valence-corrected chi connectivity index (χ0v) is 10.9. The molecule has 0 spiro atoms. The van der Waals surface area contributed by atoms with Gasteiger partial charge in [-0.2, -0.15) is 0 Å². The summed E-state index contributed by atoms with van der Waals surface area (Å²) in [5, 5.41) is 2.24. The van der Waals surface area contributed by atoms with E-state index in [1.807, 2.05) is 13.0 Å². The smallest absolute Gasteiger partial charge is 0.416 e. The van der Waals surface area contributed by atoms with Crippen molar-refractivity contribution in [2.45, 2.75) is 13.0 Å². The van der Waals surface area contributed by atoms with E-state index >= 15 is 0 Å². The molecule has 0 fully saturated rings. The van der Waals surface area contributed by atoms with E-state index in [1.54, 1.807) is 6.07 Å². The van der Waals surface area contributed by atoms with Gasteiger partial charge in [0.05, 0.1) is 6.54 Å². The standard InChI is InChI=1S/C10H13N3O5S/c1-5-2-3-7(19-5)6(17-8(11)14)4-13-10(16)18-9(12)15/h2-3,6H,4H2,1H3,(H2,11,14)(H2,12,15)(H,13,16). The molecule has 0 saturated heterocycles. The minimum Gasteiger partial charge on any atom is -0.439 e. The van der Waals surface area contributed by atoms with Gasteiger partial charge in [0.25, 0.3) is 0 Å². The van der Waals surface area contributed by atoms with Crippen LogP contribution in [0.15, 0.2) is 12.1 Å². The van der Waals surface area contributed by atoms with Crippen LogP contribution in [-0.2, 0) is 9.47 Å². The van der Waals surface area contributed by atoms with E-state index < -0.39 is 24.4 Å². The number of aryl methyl sites for hydroxylation is 1. The zero-order valence-electron chi connectivity index (χ0n) is 10.0. The number of alkyl carbamates (subject to hydrolysis) is 1. The molecule has 8 nitrogen and oxygen atoms in total. The lowest BCUT2D eigenvalue weighted by Crippen LogP contribution is -2.34. The van der Waals surface area contributed by atoms with E-state index in [1.165, 1.54) is 11.3 Å². The second-order valence-electron chi connectivity index (χ2n) is 3.46. The normalized spacial score (nSPS) is 11.4. The van der Waals surface area contributed by atoms with Gasteiger partial charge in [0.1, 0.15) is 0 Å². The number of thiophene rings is 1. The highest BCUT2D eigenvalue weighted by Gasteiger charge is 2.19. The average molecular weight is 287 g/mol. The van der Waals surface area contributed by atoms with Gasteiger partial charge in [-0.15, -0.1) is 11.3 Å². The largest absolute Gasteiger partial charge is 0.439 e. The highest BCUT2D eigenvalue weighted by Crippen LogP contribution is 2.25. The number of nitrogens with two attached hydrogens (primary N) is 2. The van der Waals surface area contributed by atoms with Crippen molar-refractivity contribution in [2.75, 3.05) is 6.54 Å². The molecular formula is C10H13N3O5S. The second-order valence-corrected chi connectivity index (χ2v) is 4.78. The third kappa shape index (κ3) is 5.25. The van der Waals surface area contributed by atoms with Crippen molar-refractivity contribution in [2.24, 2.45) is 11.5 Å². The Morgan fingerprint density at radius 1 is 1.32 bits per heavy atom. The van der Waals surface area contributed by atoms with E-state index in [4.69, 9.17) is 10.5 Å². The van der Waals surface area contributed by atoms with Crippen molar-refractivity contribution in [1.29, 1.82) is 0 Å². The molecule has 0 aliphatic carbocycles. The Balaban J connectivity index is 2.63. The average Bonchev–Trinajstić information content (AvgIpc) is 2.69. The molecular weight excluding hydrogens is 274 g/mol. The summed E-state index contributed by atoms with van der Waals surface area (Å²) in [6.45, 7) is 1.79. The van der Waals surface area contributed by atoms with Crippen LogP contribution in [0.3, 0.4) is 0 Å². The van der Waals surface area contributed by atoms with Crippen LogP contribution in [0.2, 0.25) is 0 Å².